The van der Waals surface area contributed by atoms with Gasteiger partial charge in [0.25, 0.3) is 0 Å². The van der Waals surface area contributed by atoms with Gasteiger partial charge >= 0.3 is 0 Å². The topological polar surface area (TPSA) is 9.23 Å². The normalized spacial score (nSPS) is 10.4. The predicted molar refractivity (Wildman–Crippen MR) is 119 cm³/mol. The largest absolute Gasteiger partial charge is 0.380 e. The molecule has 0 radical (unpaired) electrons. The van der Waals surface area contributed by atoms with Crippen LogP contribution in [0, 0.1) is 52.8 Å². The lowest BCUT2D eigenvalue weighted by atomic mass is 10.1. The molecule has 1 nitrogen and oxygen atoms in total. The van der Waals surface area contributed by atoms with E-state index in [9.17, 15) is 22.0 Å². The summed E-state index contributed by atoms with van der Waals surface area (Å²) in [6, 6.07) is 13.3. The molecule has 0 aliphatic heterocycles. The molecule has 0 aromatic heterocycles. The summed E-state index contributed by atoms with van der Waals surface area (Å²) in [5, 5.41) is 1.40. The first-order valence-electron chi connectivity index (χ1n) is 10.0. The Balaban J connectivity index is 1.62. The first-order valence-corrected chi connectivity index (χ1v) is 10.0. The Labute approximate surface area is 192 Å². The number of halogens is 5. The molecule has 0 spiro atoms. The van der Waals surface area contributed by atoms with Gasteiger partial charge < -0.3 is 4.74 Å². The van der Waals surface area contributed by atoms with E-state index in [-0.39, 0.29) is 18.0 Å². The minimum atomic E-state index is -0.962. The minimum absolute atomic E-state index is 0.0260. The van der Waals surface area contributed by atoms with E-state index in [1.165, 1.54) is 19.2 Å². The number of methoxy groups -OCH3 is 1. The van der Waals surface area contributed by atoms with E-state index in [1.807, 2.05) is 0 Å². The van der Waals surface area contributed by atoms with Gasteiger partial charge in [-0.15, -0.1) is 0 Å². The number of fused-ring (bicyclic) bond motifs is 1. The quantitative estimate of drug-likeness (QED) is 0.245. The molecule has 4 aromatic carbocycles. The van der Waals surface area contributed by atoms with Crippen LogP contribution in [0.4, 0.5) is 22.0 Å². The molecule has 4 rings (SSSR count). The molecule has 4 aromatic rings. The van der Waals surface area contributed by atoms with Crippen molar-refractivity contribution in [1.82, 2.24) is 0 Å². The molecule has 0 aliphatic rings. The molecule has 0 heterocycles. The van der Waals surface area contributed by atoms with E-state index in [2.05, 4.69) is 23.7 Å². The average Bonchev–Trinajstić information content (AvgIpc) is 2.78. The molecule has 168 valence electrons. The van der Waals surface area contributed by atoms with Crippen molar-refractivity contribution in [2.75, 3.05) is 7.11 Å². The smallest absolute Gasteiger partial charge is 0.143 e. The molecule has 0 bridgehead atoms. The van der Waals surface area contributed by atoms with Crippen LogP contribution >= 0.6 is 0 Å². The molecule has 0 saturated heterocycles. The highest BCUT2D eigenvalue weighted by atomic mass is 19.1. The van der Waals surface area contributed by atoms with E-state index >= 15 is 0 Å². The molecule has 0 amide bonds. The SMILES string of the molecule is COCc1cc(F)c(C#Cc2cc(F)c(C#Cc3ccc4cc(F)ccc4c3)c(F)c2)c(F)c1. The summed E-state index contributed by atoms with van der Waals surface area (Å²) in [7, 11) is 1.39. The van der Waals surface area contributed by atoms with E-state index in [0.29, 0.717) is 16.5 Å². The molecule has 0 saturated carbocycles. The second kappa shape index (κ2) is 9.79. The number of hydrogen-bond acceptors (Lipinski definition) is 1. The summed E-state index contributed by atoms with van der Waals surface area (Å²) >= 11 is 0. The molecule has 0 aliphatic carbocycles. The molecular weight excluding hydrogens is 447 g/mol. The number of rotatable bonds is 2. The van der Waals surface area contributed by atoms with Crippen molar-refractivity contribution in [3.63, 3.8) is 0 Å². The molecule has 34 heavy (non-hydrogen) atoms. The summed E-state index contributed by atoms with van der Waals surface area (Å²) < 4.78 is 75.5. The van der Waals surface area contributed by atoms with Gasteiger partial charge in [-0.1, -0.05) is 35.8 Å². The summed E-state index contributed by atoms with van der Waals surface area (Å²) in [5.74, 6) is 5.71. The van der Waals surface area contributed by atoms with Crippen molar-refractivity contribution in [3.05, 3.63) is 118 Å². The second-order valence-electron chi connectivity index (χ2n) is 7.39. The Morgan fingerprint density at radius 2 is 1.12 bits per heavy atom. The average molecular weight is 462 g/mol. The monoisotopic (exact) mass is 462 g/mol. The fourth-order valence-electron chi connectivity index (χ4n) is 3.32. The van der Waals surface area contributed by atoms with Gasteiger partial charge in [0.05, 0.1) is 17.7 Å². The van der Waals surface area contributed by atoms with E-state index in [0.717, 1.165) is 29.7 Å². The predicted octanol–water partition coefficient (Wildman–Crippen LogP) is 6.48. The fraction of sp³-hybridized carbons (Fsp3) is 0.0714. The Bertz CT molecular complexity index is 1490. The first-order chi connectivity index (χ1) is 16.3. The zero-order valence-electron chi connectivity index (χ0n) is 17.8. The maximum atomic E-state index is 14.5. The van der Waals surface area contributed by atoms with E-state index in [1.54, 1.807) is 24.3 Å². The zero-order chi connectivity index (χ0) is 24.2. The van der Waals surface area contributed by atoms with Crippen LogP contribution in [0.1, 0.15) is 27.8 Å². The molecule has 0 fully saturated rings. The van der Waals surface area contributed by atoms with Crippen LogP contribution < -0.4 is 0 Å². The van der Waals surface area contributed by atoms with Gasteiger partial charge in [0.15, 0.2) is 0 Å². The van der Waals surface area contributed by atoms with Crippen LogP contribution in [0.2, 0.25) is 0 Å². The van der Waals surface area contributed by atoms with Crippen molar-refractivity contribution < 1.29 is 26.7 Å². The second-order valence-corrected chi connectivity index (χ2v) is 7.39. The molecule has 0 unspecified atom stereocenters. The Kier molecular flexibility index (Phi) is 6.63. The summed E-state index contributed by atoms with van der Waals surface area (Å²) in [6.45, 7) is 0.0260. The minimum Gasteiger partial charge on any atom is -0.380 e. The van der Waals surface area contributed by atoms with Crippen molar-refractivity contribution >= 4 is 10.8 Å². The van der Waals surface area contributed by atoms with Crippen molar-refractivity contribution in [1.29, 1.82) is 0 Å². The van der Waals surface area contributed by atoms with E-state index < -0.39 is 34.4 Å². The summed E-state index contributed by atoms with van der Waals surface area (Å²) in [4.78, 5) is 0. The van der Waals surface area contributed by atoms with Gasteiger partial charge in [-0.05, 0) is 64.9 Å². The number of ether oxygens (including phenoxy) is 1. The van der Waals surface area contributed by atoms with Gasteiger partial charge in [0, 0.05) is 18.2 Å². The first kappa shape index (κ1) is 23.0. The van der Waals surface area contributed by atoms with Crippen LogP contribution in [0.15, 0.2) is 60.7 Å². The maximum Gasteiger partial charge on any atom is 0.143 e. The van der Waals surface area contributed by atoms with Crippen molar-refractivity contribution in [2.45, 2.75) is 6.61 Å². The third kappa shape index (κ3) is 5.09. The van der Waals surface area contributed by atoms with Crippen molar-refractivity contribution in [2.24, 2.45) is 0 Å². The maximum absolute atomic E-state index is 14.5. The lowest BCUT2D eigenvalue weighted by molar-refractivity contribution is 0.184. The lowest BCUT2D eigenvalue weighted by Crippen LogP contribution is -1.96. The molecule has 6 heteroatoms. The van der Waals surface area contributed by atoms with E-state index in [4.69, 9.17) is 4.74 Å². The van der Waals surface area contributed by atoms with Gasteiger partial charge in [0.1, 0.15) is 29.1 Å². The third-order valence-corrected chi connectivity index (χ3v) is 4.92. The Morgan fingerprint density at radius 1 is 0.588 bits per heavy atom. The van der Waals surface area contributed by atoms with Crippen molar-refractivity contribution in [3.8, 4) is 23.7 Å². The lowest BCUT2D eigenvalue weighted by Gasteiger charge is -2.03. The van der Waals surface area contributed by atoms with Gasteiger partial charge in [-0.25, -0.2) is 22.0 Å². The van der Waals surface area contributed by atoms with Gasteiger partial charge in [-0.3, -0.25) is 0 Å². The van der Waals surface area contributed by atoms with Gasteiger partial charge in [0.2, 0.25) is 0 Å². The Morgan fingerprint density at radius 3 is 1.74 bits per heavy atom. The number of benzene rings is 4. The van der Waals surface area contributed by atoms with Crippen LogP contribution in [0.25, 0.3) is 10.8 Å². The molecule has 0 atom stereocenters. The van der Waals surface area contributed by atoms with Gasteiger partial charge in [-0.2, -0.15) is 0 Å². The summed E-state index contributed by atoms with van der Waals surface area (Å²) in [5.41, 5.74) is -0.300. The van der Waals surface area contributed by atoms with Crippen LogP contribution in [0.3, 0.4) is 0 Å². The summed E-state index contributed by atoms with van der Waals surface area (Å²) in [6.07, 6.45) is 0. The molecule has 0 N–H and O–H groups in total. The third-order valence-electron chi connectivity index (χ3n) is 4.92. The highest BCUT2D eigenvalue weighted by molar-refractivity contribution is 5.84. The van der Waals surface area contributed by atoms with Crippen LogP contribution in [0.5, 0.6) is 0 Å². The standard InChI is InChI=1S/C28H15F5O/c1-34-16-19-13-27(32)24(28(33)14-19)9-4-18-11-25(30)23(26(31)12-18)8-3-17-2-5-21-15-22(29)7-6-20(21)10-17/h2,5-7,10-15H,16H2,1H3. The van der Waals surface area contributed by atoms with Crippen LogP contribution in [-0.2, 0) is 11.3 Å². The highest BCUT2D eigenvalue weighted by Crippen LogP contribution is 2.19. The highest BCUT2D eigenvalue weighted by Gasteiger charge is 2.11. The van der Waals surface area contributed by atoms with Crippen LogP contribution in [-0.4, -0.2) is 7.11 Å². The molecular formula is C28H15F5O. The zero-order valence-corrected chi connectivity index (χ0v) is 17.8. The fourth-order valence-corrected chi connectivity index (χ4v) is 3.32. The number of hydrogen-bond donors (Lipinski definition) is 0. The Hall–Kier alpha value is -4.13.